The molecule has 8 heteroatoms. The van der Waals surface area contributed by atoms with E-state index in [2.05, 4.69) is 27.0 Å². The number of hydrogen-bond donors (Lipinski definition) is 3. The van der Waals surface area contributed by atoms with Crippen LogP contribution in [0.4, 0.5) is 5.69 Å². The molecule has 8 nitrogen and oxygen atoms in total. The van der Waals surface area contributed by atoms with Crippen molar-refractivity contribution in [3.05, 3.63) is 47.5 Å². The molecule has 2 aromatic rings. The number of fused-ring (bicyclic) bond motifs is 1. The van der Waals surface area contributed by atoms with E-state index in [4.69, 9.17) is 14.2 Å². The van der Waals surface area contributed by atoms with Gasteiger partial charge in [0.1, 0.15) is 17.2 Å². The van der Waals surface area contributed by atoms with Crippen molar-refractivity contribution in [2.45, 2.75) is 18.8 Å². The van der Waals surface area contributed by atoms with E-state index in [-0.39, 0.29) is 11.8 Å². The topological polar surface area (TPSA) is 93.2 Å². The van der Waals surface area contributed by atoms with Crippen LogP contribution in [0.2, 0.25) is 0 Å². The van der Waals surface area contributed by atoms with Gasteiger partial charge in [0.25, 0.3) is 0 Å². The number of anilines is 1. The zero-order valence-electron chi connectivity index (χ0n) is 18.5. The molecular formula is C23H30N4O4. The molecule has 0 saturated carbocycles. The summed E-state index contributed by atoms with van der Waals surface area (Å²) < 4.78 is 16.3. The standard InChI is InChI=1S/C23H30N4O4/c1-24-23(26-14-15-11-22(28)27-19-8-6-5-7-17(15)19)25-10-9-18-20(30-3)12-16(29-2)13-21(18)31-4/h5-8,12-13,15H,9-11,14H2,1-4H3,(H,27,28)(H2,24,25,26). The normalized spacial score (nSPS) is 15.5. The van der Waals surface area contributed by atoms with Gasteiger partial charge in [0.05, 0.1) is 21.3 Å². The second kappa shape index (κ2) is 10.6. The maximum Gasteiger partial charge on any atom is 0.225 e. The molecule has 0 bridgehead atoms. The quantitative estimate of drug-likeness (QED) is 0.444. The minimum atomic E-state index is 0.0344. The number of para-hydroxylation sites is 1. The van der Waals surface area contributed by atoms with Crippen molar-refractivity contribution in [3.8, 4) is 17.2 Å². The molecule has 1 amide bonds. The molecule has 0 spiro atoms. The second-order valence-electron chi connectivity index (χ2n) is 7.18. The Morgan fingerprint density at radius 3 is 2.45 bits per heavy atom. The lowest BCUT2D eigenvalue weighted by Crippen LogP contribution is -2.41. The molecule has 1 atom stereocenters. The Bertz CT molecular complexity index is 920. The number of carbonyl (C=O) groups excluding carboxylic acids is 1. The van der Waals surface area contributed by atoms with Crippen LogP contribution in [0, 0.1) is 0 Å². The highest BCUT2D eigenvalue weighted by Crippen LogP contribution is 2.34. The van der Waals surface area contributed by atoms with E-state index in [0.29, 0.717) is 49.1 Å². The first-order valence-corrected chi connectivity index (χ1v) is 10.2. The number of hydrogen-bond acceptors (Lipinski definition) is 5. The Morgan fingerprint density at radius 1 is 1.10 bits per heavy atom. The number of nitrogens with one attached hydrogen (secondary N) is 3. The fourth-order valence-electron chi connectivity index (χ4n) is 3.75. The van der Waals surface area contributed by atoms with Crippen molar-refractivity contribution in [1.82, 2.24) is 10.6 Å². The fourth-order valence-corrected chi connectivity index (χ4v) is 3.75. The first-order valence-electron chi connectivity index (χ1n) is 10.2. The number of methoxy groups -OCH3 is 3. The summed E-state index contributed by atoms with van der Waals surface area (Å²) in [7, 11) is 6.60. The molecule has 1 aliphatic heterocycles. The Labute approximate surface area is 183 Å². The first-order chi connectivity index (χ1) is 15.1. The minimum absolute atomic E-state index is 0.0344. The molecule has 0 radical (unpaired) electrons. The number of guanidine groups is 1. The van der Waals surface area contributed by atoms with Gasteiger partial charge >= 0.3 is 0 Å². The maximum absolute atomic E-state index is 12.0. The van der Waals surface area contributed by atoms with Crippen LogP contribution in [0.3, 0.4) is 0 Å². The predicted molar refractivity (Wildman–Crippen MR) is 122 cm³/mol. The third-order valence-corrected chi connectivity index (χ3v) is 5.33. The number of carbonyl (C=O) groups is 1. The number of benzene rings is 2. The molecule has 3 N–H and O–H groups in total. The van der Waals surface area contributed by atoms with Crippen molar-refractivity contribution in [1.29, 1.82) is 0 Å². The number of ether oxygens (including phenoxy) is 3. The van der Waals surface area contributed by atoms with Crippen LogP contribution in [0.25, 0.3) is 0 Å². The van der Waals surface area contributed by atoms with Crippen molar-refractivity contribution >= 4 is 17.6 Å². The number of aliphatic imine (C=N–C) groups is 1. The van der Waals surface area contributed by atoms with Crippen molar-refractivity contribution in [3.63, 3.8) is 0 Å². The van der Waals surface area contributed by atoms with Gasteiger partial charge in [-0.1, -0.05) is 18.2 Å². The fraction of sp³-hybridized carbons (Fsp3) is 0.391. The highest BCUT2D eigenvalue weighted by atomic mass is 16.5. The lowest BCUT2D eigenvalue weighted by molar-refractivity contribution is -0.116. The average Bonchev–Trinajstić information content (AvgIpc) is 2.80. The van der Waals surface area contributed by atoms with E-state index in [0.717, 1.165) is 16.8 Å². The smallest absolute Gasteiger partial charge is 0.225 e. The van der Waals surface area contributed by atoms with Gasteiger partial charge in [0.2, 0.25) is 5.91 Å². The van der Waals surface area contributed by atoms with Gasteiger partial charge in [-0.3, -0.25) is 9.79 Å². The number of nitrogens with zero attached hydrogens (tertiary/aromatic N) is 1. The molecule has 0 saturated heterocycles. The molecule has 0 fully saturated rings. The van der Waals surface area contributed by atoms with E-state index in [1.54, 1.807) is 28.4 Å². The lowest BCUT2D eigenvalue weighted by atomic mass is 9.90. The molecule has 3 rings (SSSR count). The monoisotopic (exact) mass is 426 g/mol. The summed E-state index contributed by atoms with van der Waals surface area (Å²) in [6, 6.07) is 11.6. The molecular weight excluding hydrogens is 396 g/mol. The number of rotatable bonds is 8. The molecule has 31 heavy (non-hydrogen) atoms. The van der Waals surface area contributed by atoms with Gasteiger partial charge in [0.15, 0.2) is 5.96 Å². The van der Waals surface area contributed by atoms with E-state index in [1.165, 1.54) is 0 Å². The zero-order valence-corrected chi connectivity index (χ0v) is 18.5. The van der Waals surface area contributed by atoms with E-state index in [9.17, 15) is 4.79 Å². The van der Waals surface area contributed by atoms with Gasteiger partial charge < -0.3 is 30.2 Å². The molecule has 1 aliphatic rings. The maximum atomic E-state index is 12.0. The Hall–Kier alpha value is -3.42. The summed E-state index contributed by atoms with van der Waals surface area (Å²) in [5, 5.41) is 9.59. The van der Waals surface area contributed by atoms with Crippen LogP contribution in [-0.4, -0.2) is 53.3 Å². The summed E-state index contributed by atoms with van der Waals surface area (Å²) in [4.78, 5) is 16.3. The van der Waals surface area contributed by atoms with Crippen molar-refractivity contribution in [2.75, 3.05) is 46.8 Å². The van der Waals surface area contributed by atoms with Crippen LogP contribution in [0.1, 0.15) is 23.5 Å². The van der Waals surface area contributed by atoms with Crippen LogP contribution in [0.5, 0.6) is 17.2 Å². The van der Waals surface area contributed by atoms with Crippen LogP contribution >= 0.6 is 0 Å². The summed E-state index contributed by atoms with van der Waals surface area (Å²) >= 11 is 0. The summed E-state index contributed by atoms with van der Waals surface area (Å²) in [5.74, 6) is 2.91. The van der Waals surface area contributed by atoms with Gasteiger partial charge in [0, 0.05) is 55.9 Å². The molecule has 166 valence electrons. The number of amides is 1. The van der Waals surface area contributed by atoms with Gasteiger partial charge in [-0.05, 0) is 18.1 Å². The SMILES string of the molecule is CN=C(NCCc1c(OC)cc(OC)cc1OC)NCC1CC(=O)Nc2ccccc21. The average molecular weight is 427 g/mol. The van der Waals surface area contributed by atoms with E-state index < -0.39 is 0 Å². The lowest BCUT2D eigenvalue weighted by Gasteiger charge is -2.26. The minimum Gasteiger partial charge on any atom is -0.496 e. The first kappa shape index (κ1) is 22.3. The predicted octanol–water partition coefficient (Wildman–Crippen LogP) is 2.55. The third kappa shape index (κ3) is 5.39. The zero-order chi connectivity index (χ0) is 22.2. The molecule has 2 aromatic carbocycles. The third-order valence-electron chi connectivity index (χ3n) is 5.33. The van der Waals surface area contributed by atoms with E-state index in [1.807, 2.05) is 30.3 Å². The van der Waals surface area contributed by atoms with Gasteiger partial charge in [-0.2, -0.15) is 0 Å². The molecule has 0 aliphatic carbocycles. The van der Waals surface area contributed by atoms with Gasteiger partial charge in [-0.25, -0.2) is 0 Å². The molecule has 0 aromatic heterocycles. The summed E-state index contributed by atoms with van der Waals surface area (Å²) in [5.41, 5.74) is 2.97. The van der Waals surface area contributed by atoms with Crippen LogP contribution in [0.15, 0.2) is 41.4 Å². The van der Waals surface area contributed by atoms with Crippen LogP contribution < -0.4 is 30.2 Å². The summed E-state index contributed by atoms with van der Waals surface area (Å²) in [6.45, 7) is 1.24. The Balaban J connectivity index is 1.59. The molecule has 1 unspecified atom stereocenters. The second-order valence-corrected chi connectivity index (χ2v) is 7.18. The highest BCUT2D eigenvalue weighted by molar-refractivity contribution is 5.94. The largest absolute Gasteiger partial charge is 0.496 e. The van der Waals surface area contributed by atoms with Crippen molar-refractivity contribution in [2.24, 2.45) is 4.99 Å². The Kier molecular flexibility index (Phi) is 7.59. The Morgan fingerprint density at radius 2 is 1.81 bits per heavy atom. The van der Waals surface area contributed by atoms with Crippen molar-refractivity contribution < 1.29 is 19.0 Å². The van der Waals surface area contributed by atoms with E-state index >= 15 is 0 Å². The molecule has 1 heterocycles. The van der Waals surface area contributed by atoms with Crippen LogP contribution in [-0.2, 0) is 11.2 Å². The highest BCUT2D eigenvalue weighted by Gasteiger charge is 2.24. The van der Waals surface area contributed by atoms with Gasteiger partial charge in [-0.15, -0.1) is 0 Å². The summed E-state index contributed by atoms with van der Waals surface area (Å²) in [6.07, 6.45) is 1.12.